The van der Waals surface area contributed by atoms with Gasteiger partial charge in [-0.15, -0.1) is 0 Å². The summed E-state index contributed by atoms with van der Waals surface area (Å²) in [6.45, 7) is 11.0. The third-order valence-corrected chi connectivity index (χ3v) is 3.68. The maximum absolute atomic E-state index is 12.7. The lowest BCUT2D eigenvalue weighted by atomic mass is 9.97. The molecule has 0 aromatic carbocycles. The lowest BCUT2D eigenvalue weighted by Gasteiger charge is -2.28. The minimum atomic E-state index is -0.807. The number of rotatable bonds is 10. The van der Waals surface area contributed by atoms with Gasteiger partial charge in [-0.05, 0) is 39.7 Å². The molecule has 0 fully saturated rings. The van der Waals surface area contributed by atoms with Crippen LogP contribution in [0.25, 0.3) is 0 Å². The first-order valence-electron chi connectivity index (χ1n) is 8.51. The van der Waals surface area contributed by atoms with Crippen molar-refractivity contribution in [1.82, 2.24) is 4.98 Å². The summed E-state index contributed by atoms with van der Waals surface area (Å²) in [5.74, 6) is 0.478. The Morgan fingerprint density at radius 3 is 2.61 bits per heavy atom. The van der Waals surface area contributed by atoms with Gasteiger partial charge in [0.2, 0.25) is 5.88 Å². The normalized spacial score (nSPS) is 13.4. The van der Waals surface area contributed by atoms with Crippen molar-refractivity contribution in [3.05, 3.63) is 17.8 Å². The molecule has 0 saturated carbocycles. The molecule has 5 nitrogen and oxygen atoms in total. The molecule has 130 valence electrons. The zero-order chi connectivity index (χ0) is 17.3. The molecule has 1 aromatic rings. The number of ether oxygens (including phenoxy) is 2. The average molecular weight is 322 g/mol. The van der Waals surface area contributed by atoms with E-state index in [2.05, 4.69) is 17.2 Å². The highest BCUT2D eigenvalue weighted by Crippen LogP contribution is 2.24. The Kier molecular flexibility index (Phi) is 8.03. The molecule has 0 radical (unpaired) electrons. The van der Waals surface area contributed by atoms with Crippen LogP contribution in [0.2, 0.25) is 0 Å². The van der Waals surface area contributed by atoms with Crippen LogP contribution in [-0.2, 0) is 9.53 Å². The summed E-state index contributed by atoms with van der Waals surface area (Å²) in [7, 11) is 0. The van der Waals surface area contributed by atoms with E-state index in [1.54, 1.807) is 6.20 Å². The predicted octanol–water partition coefficient (Wildman–Crippen LogP) is 4.10. The van der Waals surface area contributed by atoms with Crippen LogP contribution in [0.4, 0.5) is 5.69 Å². The van der Waals surface area contributed by atoms with Crippen molar-refractivity contribution in [2.24, 2.45) is 0 Å². The molecule has 0 aliphatic carbocycles. The van der Waals surface area contributed by atoms with Crippen LogP contribution in [-0.4, -0.2) is 29.7 Å². The summed E-state index contributed by atoms with van der Waals surface area (Å²) >= 11 is 0. The fourth-order valence-electron chi connectivity index (χ4n) is 2.27. The molecule has 1 rings (SSSR count). The number of nitrogens with zero attached hydrogens (tertiary/aromatic N) is 1. The SMILES string of the molecule is CCCC[C@@](C)(OCCC)C(=O)Nc1cnc(OCC)c(C)c1. The smallest absolute Gasteiger partial charge is 0.256 e. The van der Waals surface area contributed by atoms with Gasteiger partial charge in [0.15, 0.2) is 0 Å². The Morgan fingerprint density at radius 1 is 1.30 bits per heavy atom. The van der Waals surface area contributed by atoms with Crippen LogP contribution >= 0.6 is 0 Å². The number of carbonyl (C=O) groups excluding carboxylic acids is 1. The molecule has 1 amide bonds. The second-order valence-electron chi connectivity index (χ2n) is 5.92. The molecule has 1 aromatic heterocycles. The molecule has 1 atom stereocenters. The average Bonchev–Trinajstić information content (AvgIpc) is 2.53. The molecule has 23 heavy (non-hydrogen) atoms. The summed E-state index contributed by atoms with van der Waals surface area (Å²) in [6.07, 6.45) is 5.20. The summed E-state index contributed by atoms with van der Waals surface area (Å²) in [5.41, 5.74) is 0.756. The van der Waals surface area contributed by atoms with Gasteiger partial charge in [0.05, 0.1) is 18.5 Å². The van der Waals surface area contributed by atoms with Gasteiger partial charge in [0, 0.05) is 12.2 Å². The fraction of sp³-hybridized carbons (Fsp3) is 0.667. The van der Waals surface area contributed by atoms with Gasteiger partial charge in [-0.1, -0.05) is 26.7 Å². The van der Waals surface area contributed by atoms with E-state index in [-0.39, 0.29) is 5.91 Å². The van der Waals surface area contributed by atoms with E-state index < -0.39 is 5.60 Å². The molecule has 0 aliphatic heterocycles. The number of hydrogen-bond donors (Lipinski definition) is 1. The summed E-state index contributed by atoms with van der Waals surface area (Å²) in [4.78, 5) is 16.9. The lowest BCUT2D eigenvalue weighted by molar-refractivity contribution is -0.140. The first-order chi connectivity index (χ1) is 11.0. The monoisotopic (exact) mass is 322 g/mol. The molecule has 0 spiro atoms. The van der Waals surface area contributed by atoms with Gasteiger partial charge in [0.25, 0.3) is 5.91 Å². The molecule has 0 bridgehead atoms. The third kappa shape index (κ3) is 5.82. The zero-order valence-electron chi connectivity index (χ0n) is 15.1. The second-order valence-corrected chi connectivity index (χ2v) is 5.92. The van der Waals surface area contributed by atoms with Crippen LogP contribution < -0.4 is 10.1 Å². The van der Waals surface area contributed by atoms with E-state index in [4.69, 9.17) is 9.47 Å². The van der Waals surface area contributed by atoms with Crippen LogP contribution in [0.5, 0.6) is 5.88 Å². The van der Waals surface area contributed by atoms with E-state index in [1.807, 2.05) is 33.8 Å². The summed E-state index contributed by atoms with van der Waals surface area (Å²) < 4.78 is 11.3. The zero-order valence-corrected chi connectivity index (χ0v) is 15.1. The van der Waals surface area contributed by atoms with E-state index in [0.717, 1.165) is 24.8 Å². The van der Waals surface area contributed by atoms with E-state index >= 15 is 0 Å². The maximum atomic E-state index is 12.7. The number of hydrogen-bond acceptors (Lipinski definition) is 4. The number of carbonyl (C=O) groups is 1. The van der Waals surface area contributed by atoms with Gasteiger partial charge in [-0.2, -0.15) is 0 Å². The highest BCUT2D eigenvalue weighted by atomic mass is 16.5. The van der Waals surface area contributed by atoms with Crippen LogP contribution in [0.15, 0.2) is 12.3 Å². The number of anilines is 1. The van der Waals surface area contributed by atoms with Crippen LogP contribution in [0, 0.1) is 6.92 Å². The van der Waals surface area contributed by atoms with Crippen molar-refractivity contribution in [2.45, 2.75) is 65.9 Å². The van der Waals surface area contributed by atoms with Crippen molar-refractivity contribution in [3.63, 3.8) is 0 Å². The quantitative estimate of drug-likeness (QED) is 0.704. The topological polar surface area (TPSA) is 60.5 Å². The fourth-order valence-corrected chi connectivity index (χ4v) is 2.27. The minimum absolute atomic E-state index is 0.121. The van der Waals surface area contributed by atoms with Crippen molar-refractivity contribution in [2.75, 3.05) is 18.5 Å². The Bertz CT molecular complexity index is 495. The van der Waals surface area contributed by atoms with Crippen LogP contribution in [0.3, 0.4) is 0 Å². The number of nitrogens with one attached hydrogen (secondary N) is 1. The van der Waals surface area contributed by atoms with Crippen molar-refractivity contribution in [1.29, 1.82) is 0 Å². The predicted molar refractivity (Wildman–Crippen MR) is 92.9 cm³/mol. The number of amides is 1. The molecule has 0 unspecified atom stereocenters. The minimum Gasteiger partial charge on any atom is -0.478 e. The summed E-state index contributed by atoms with van der Waals surface area (Å²) in [6, 6.07) is 1.87. The van der Waals surface area contributed by atoms with Crippen molar-refractivity contribution < 1.29 is 14.3 Å². The van der Waals surface area contributed by atoms with Gasteiger partial charge in [-0.3, -0.25) is 4.79 Å². The van der Waals surface area contributed by atoms with Crippen molar-refractivity contribution in [3.8, 4) is 5.88 Å². The van der Waals surface area contributed by atoms with E-state index in [1.165, 1.54) is 0 Å². The van der Waals surface area contributed by atoms with Gasteiger partial charge in [-0.25, -0.2) is 4.98 Å². The highest BCUT2D eigenvalue weighted by molar-refractivity contribution is 5.97. The Labute approximate surface area is 139 Å². The standard InChI is InChI=1S/C18H30N2O3/c1-6-9-10-18(5,23-11-7-2)17(21)20-15-12-14(4)16(19-13-15)22-8-3/h12-13H,6-11H2,1-5H3,(H,20,21)/t18-/m1/s1. The number of unbranched alkanes of at least 4 members (excludes halogenated alkanes) is 1. The third-order valence-electron chi connectivity index (χ3n) is 3.68. The second kappa shape index (κ2) is 9.50. The Morgan fingerprint density at radius 2 is 2.04 bits per heavy atom. The molecule has 0 aliphatic rings. The molecule has 0 saturated heterocycles. The lowest BCUT2D eigenvalue weighted by Crippen LogP contribution is -2.43. The van der Waals surface area contributed by atoms with Gasteiger partial charge < -0.3 is 14.8 Å². The first-order valence-corrected chi connectivity index (χ1v) is 8.51. The van der Waals surface area contributed by atoms with Gasteiger partial charge in [0.1, 0.15) is 5.60 Å². The molecular formula is C18H30N2O3. The van der Waals surface area contributed by atoms with Gasteiger partial charge >= 0.3 is 0 Å². The Hall–Kier alpha value is -1.62. The van der Waals surface area contributed by atoms with E-state index in [0.29, 0.717) is 31.2 Å². The molecular weight excluding hydrogens is 292 g/mol. The first kappa shape index (κ1) is 19.4. The van der Waals surface area contributed by atoms with E-state index in [9.17, 15) is 4.79 Å². The Balaban J connectivity index is 2.82. The number of pyridine rings is 1. The molecule has 1 N–H and O–H groups in total. The highest BCUT2D eigenvalue weighted by Gasteiger charge is 2.33. The molecule has 5 heteroatoms. The number of aryl methyl sites for hydroxylation is 1. The van der Waals surface area contributed by atoms with Crippen LogP contribution in [0.1, 0.15) is 58.9 Å². The number of aromatic nitrogens is 1. The summed E-state index contributed by atoms with van der Waals surface area (Å²) in [5, 5.41) is 2.93. The molecule has 1 heterocycles. The van der Waals surface area contributed by atoms with Crippen molar-refractivity contribution >= 4 is 11.6 Å². The largest absolute Gasteiger partial charge is 0.478 e. The maximum Gasteiger partial charge on any atom is 0.256 e.